The molecule has 7 nitrogen and oxygen atoms in total. The van der Waals surface area contributed by atoms with Gasteiger partial charge in [0.1, 0.15) is 11.4 Å². The minimum absolute atomic E-state index is 0.00638. The molecule has 158 valence electrons. The standard InChI is InChI=1S/C21H22Cl2N4O3/c1-11-8-25-19(9-24-11)21(29)27-18-7-17(12-4-13(18)5-12)26-20(28)10-30-14-2-3-15(22)16(23)6-14/h2-3,6,8-9,12-13,17-18H,4-5,7,10H2,1H3,(H,26,28)(H,27,29). The van der Waals surface area contributed by atoms with Gasteiger partial charge in [0.2, 0.25) is 0 Å². The number of benzene rings is 1. The van der Waals surface area contributed by atoms with E-state index in [-0.39, 0.29) is 30.5 Å². The van der Waals surface area contributed by atoms with Gasteiger partial charge in [0.05, 0.1) is 21.9 Å². The Balaban J connectivity index is 1.29. The number of halogens is 2. The lowest BCUT2D eigenvalue weighted by atomic mass is 9.60. The van der Waals surface area contributed by atoms with Crippen LogP contribution in [-0.2, 0) is 4.79 Å². The molecule has 9 heteroatoms. The number of hydrogen-bond donors (Lipinski definition) is 2. The van der Waals surface area contributed by atoms with E-state index in [4.69, 9.17) is 27.9 Å². The summed E-state index contributed by atoms with van der Waals surface area (Å²) in [6.07, 6.45) is 5.73. The van der Waals surface area contributed by atoms with Crippen LogP contribution in [0.1, 0.15) is 35.4 Å². The molecule has 2 unspecified atom stereocenters. The maximum Gasteiger partial charge on any atom is 0.271 e. The molecule has 5 rings (SSSR count). The second kappa shape index (κ2) is 8.78. The molecular formula is C21H22Cl2N4O3. The number of amides is 2. The Labute approximate surface area is 184 Å². The maximum atomic E-state index is 12.5. The highest BCUT2D eigenvalue weighted by molar-refractivity contribution is 6.42. The molecule has 2 bridgehead atoms. The number of aromatic nitrogens is 2. The zero-order valence-corrected chi connectivity index (χ0v) is 17.9. The fourth-order valence-electron chi connectivity index (χ4n) is 4.09. The Morgan fingerprint density at radius 2 is 1.77 bits per heavy atom. The van der Waals surface area contributed by atoms with Crippen molar-refractivity contribution in [3.8, 4) is 5.75 Å². The van der Waals surface area contributed by atoms with Crippen molar-refractivity contribution in [3.63, 3.8) is 0 Å². The third kappa shape index (κ3) is 4.68. The van der Waals surface area contributed by atoms with Gasteiger partial charge >= 0.3 is 0 Å². The molecule has 0 aliphatic heterocycles. The summed E-state index contributed by atoms with van der Waals surface area (Å²) in [4.78, 5) is 33.1. The molecular weight excluding hydrogens is 427 g/mol. The first-order chi connectivity index (χ1) is 14.4. The highest BCUT2D eigenvalue weighted by Crippen LogP contribution is 2.45. The van der Waals surface area contributed by atoms with Gasteiger partial charge in [-0.3, -0.25) is 14.6 Å². The lowest BCUT2D eigenvalue weighted by Crippen LogP contribution is -2.60. The van der Waals surface area contributed by atoms with E-state index in [0.717, 1.165) is 18.5 Å². The first-order valence-electron chi connectivity index (χ1n) is 9.86. The number of nitrogens with zero attached hydrogens (tertiary/aromatic N) is 2. The number of carbonyl (C=O) groups excluding carboxylic acids is 2. The van der Waals surface area contributed by atoms with Gasteiger partial charge in [-0.25, -0.2) is 4.98 Å². The number of ether oxygens (including phenoxy) is 1. The summed E-state index contributed by atoms with van der Waals surface area (Å²) in [5.41, 5.74) is 1.06. The Morgan fingerprint density at radius 3 is 2.43 bits per heavy atom. The zero-order chi connectivity index (χ0) is 21.3. The van der Waals surface area contributed by atoms with Crippen molar-refractivity contribution in [1.82, 2.24) is 20.6 Å². The third-order valence-corrected chi connectivity index (χ3v) is 6.53. The van der Waals surface area contributed by atoms with E-state index in [1.54, 1.807) is 24.4 Å². The molecule has 3 aliphatic carbocycles. The normalized spacial score (nSPS) is 24.5. The second-order valence-corrected chi connectivity index (χ2v) is 8.70. The molecule has 3 fully saturated rings. The number of nitrogens with one attached hydrogen (secondary N) is 2. The monoisotopic (exact) mass is 448 g/mol. The summed E-state index contributed by atoms with van der Waals surface area (Å²) in [7, 11) is 0. The Bertz CT molecular complexity index is 948. The highest BCUT2D eigenvalue weighted by Gasteiger charge is 2.47. The smallest absolute Gasteiger partial charge is 0.271 e. The van der Waals surface area contributed by atoms with Crippen molar-refractivity contribution in [3.05, 3.63) is 52.0 Å². The van der Waals surface area contributed by atoms with Gasteiger partial charge in [0.25, 0.3) is 11.8 Å². The lowest BCUT2D eigenvalue weighted by molar-refractivity contribution is -0.125. The molecule has 2 N–H and O–H groups in total. The summed E-state index contributed by atoms with van der Waals surface area (Å²) in [5.74, 6) is 0.933. The van der Waals surface area contributed by atoms with E-state index in [2.05, 4.69) is 20.6 Å². The molecule has 0 saturated heterocycles. The van der Waals surface area contributed by atoms with Gasteiger partial charge < -0.3 is 15.4 Å². The van der Waals surface area contributed by atoms with Crippen LogP contribution in [0.3, 0.4) is 0 Å². The number of hydrogen-bond acceptors (Lipinski definition) is 5. The molecule has 2 aromatic rings. The first-order valence-corrected chi connectivity index (χ1v) is 10.6. The van der Waals surface area contributed by atoms with Crippen LogP contribution in [0, 0.1) is 18.8 Å². The molecule has 3 saturated carbocycles. The quantitative estimate of drug-likeness (QED) is 0.707. The van der Waals surface area contributed by atoms with E-state index >= 15 is 0 Å². The number of fused-ring (bicyclic) bond motifs is 2. The van der Waals surface area contributed by atoms with E-state index < -0.39 is 0 Å². The van der Waals surface area contributed by atoms with Crippen LogP contribution in [0.2, 0.25) is 10.0 Å². The van der Waals surface area contributed by atoms with Gasteiger partial charge in [0, 0.05) is 24.3 Å². The summed E-state index contributed by atoms with van der Waals surface area (Å²) in [5, 5.41) is 6.92. The molecule has 30 heavy (non-hydrogen) atoms. The van der Waals surface area contributed by atoms with E-state index in [1.165, 1.54) is 6.20 Å². The largest absolute Gasteiger partial charge is 0.484 e. The summed E-state index contributed by atoms with van der Waals surface area (Å²) >= 11 is 11.8. The zero-order valence-electron chi connectivity index (χ0n) is 16.4. The Hall–Kier alpha value is -2.38. The van der Waals surface area contributed by atoms with Crippen LogP contribution in [0.15, 0.2) is 30.6 Å². The van der Waals surface area contributed by atoms with Gasteiger partial charge in [-0.15, -0.1) is 0 Å². The molecule has 1 aromatic carbocycles. The molecule has 2 atom stereocenters. The predicted octanol–water partition coefficient (Wildman–Crippen LogP) is 3.18. The minimum Gasteiger partial charge on any atom is -0.484 e. The summed E-state index contributed by atoms with van der Waals surface area (Å²) < 4.78 is 5.51. The Kier molecular flexibility index (Phi) is 6.11. The van der Waals surface area contributed by atoms with Crippen LogP contribution in [0.4, 0.5) is 0 Å². The average Bonchev–Trinajstić information content (AvgIpc) is 2.68. The van der Waals surface area contributed by atoms with Gasteiger partial charge in [-0.05, 0) is 50.2 Å². The second-order valence-electron chi connectivity index (χ2n) is 7.89. The van der Waals surface area contributed by atoms with Gasteiger partial charge in [-0.1, -0.05) is 23.2 Å². The van der Waals surface area contributed by atoms with Crippen LogP contribution < -0.4 is 15.4 Å². The maximum absolute atomic E-state index is 12.5. The van der Waals surface area contributed by atoms with Crippen LogP contribution in [0.25, 0.3) is 0 Å². The molecule has 2 amide bonds. The van der Waals surface area contributed by atoms with Crippen LogP contribution in [0.5, 0.6) is 5.75 Å². The number of rotatable bonds is 6. The van der Waals surface area contributed by atoms with E-state index in [1.807, 2.05) is 6.92 Å². The molecule has 0 spiro atoms. The van der Waals surface area contributed by atoms with Crippen molar-refractivity contribution in [1.29, 1.82) is 0 Å². The fourth-order valence-corrected chi connectivity index (χ4v) is 4.38. The molecule has 0 radical (unpaired) electrons. The molecule has 3 aliphatic rings. The minimum atomic E-state index is -0.231. The third-order valence-electron chi connectivity index (χ3n) is 5.79. The molecule has 1 aromatic heterocycles. The fraction of sp³-hybridized carbons (Fsp3) is 0.429. The average molecular weight is 449 g/mol. The predicted molar refractivity (Wildman–Crippen MR) is 113 cm³/mol. The topological polar surface area (TPSA) is 93.2 Å². The lowest BCUT2D eigenvalue weighted by Gasteiger charge is -2.51. The van der Waals surface area contributed by atoms with Crippen molar-refractivity contribution < 1.29 is 14.3 Å². The SMILES string of the molecule is Cc1cnc(C(=O)NC2CC(NC(=O)COc3ccc(Cl)c(Cl)c3)C3CC2C3)cn1. The van der Waals surface area contributed by atoms with E-state index in [9.17, 15) is 9.59 Å². The van der Waals surface area contributed by atoms with Gasteiger partial charge in [0.15, 0.2) is 6.61 Å². The Morgan fingerprint density at radius 1 is 1.03 bits per heavy atom. The van der Waals surface area contributed by atoms with E-state index in [0.29, 0.717) is 39.7 Å². The highest BCUT2D eigenvalue weighted by atomic mass is 35.5. The number of aryl methyl sites for hydroxylation is 1. The van der Waals surface area contributed by atoms with Crippen LogP contribution >= 0.6 is 23.2 Å². The van der Waals surface area contributed by atoms with Crippen molar-refractivity contribution in [2.75, 3.05) is 6.61 Å². The van der Waals surface area contributed by atoms with Crippen molar-refractivity contribution in [2.24, 2.45) is 11.8 Å². The molecule has 1 heterocycles. The summed E-state index contributed by atoms with van der Waals surface area (Å²) in [6.45, 7) is 1.71. The van der Waals surface area contributed by atoms with Crippen LogP contribution in [-0.4, -0.2) is 40.5 Å². The summed E-state index contributed by atoms with van der Waals surface area (Å²) in [6, 6.07) is 4.88. The first kappa shape index (κ1) is 20.9. The van der Waals surface area contributed by atoms with Crippen molar-refractivity contribution >= 4 is 35.0 Å². The number of carbonyl (C=O) groups is 2. The van der Waals surface area contributed by atoms with Gasteiger partial charge in [-0.2, -0.15) is 0 Å². The van der Waals surface area contributed by atoms with Crippen molar-refractivity contribution in [2.45, 2.75) is 38.3 Å².